The summed E-state index contributed by atoms with van der Waals surface area (Å²) in [5, 5.41) is 0. The second-order valence-corrected chi connectivity index (χ2v) is 4.11. The number of rotatable bonds is 5. The molecule has 0 saturated carbocycles. The maximum atomic E-state index is 12.5. The average Bonchev–Trinajstić information content (AvgIpc) is 2.28. The first-order chi connectivity index (χ1) is 8.36. The summed E-state index contributed by atoms with van der Waals surface area (Å²) in [6.45, 7) is 4.36. The molecule has 0 fully saturated rings. The van der Waals surface area contributed by atoms with Crippen molar-refractivity contribution in [2.24, 2.45) is 5.92 Å². The molecule has 0 spiro atoms. The molecule has 0 aromatic carbocycles. The van der Waals surface area contributed by atoms with Crippen LogP contribution in [-0.2, 0) is 6.18 Å². The minimum absolute atomic E-state index is 0.0748. The van der Waals surface area contributed by atoms with Crippen LogP contribution in [0.25, 0.3) is 0 Å². The van der Waals surface area contributed by atoms with Crippen molar-refractivity contribution in [1.29, 1.82) is 0 Å². The Balaban J connectivity index is 2.81. The van der Waals surface area contributed by atoms with Gasteiger partial charge in [-0.05, 0) is 12.0 Å². The zero-order chi connectivity index (χ0) is 13.8. The molecule has 1 aromatic heterocycles. The molecule has 1 rings (SSSR count). The molecule has 0 saturated heterocycles. The van der Waals surface area contributed by atoms with Crippen molar-refractivity contribution < 1.29 is 17.9 Å². The standard InChI is InChI=1S/C12H17F3N2O/c1-3-8(4-2)7-18-11-6-9(12(13,14)15)5-10(16)17-11/h5-6,8H,3-4,7H2,1-2H3,(H2,16,17). The van der Waals surface area contributed by atoms with Crippen LogP contribution in [0.3, 0.4) is 0 Å². The van der Waals surface area contributed by atoms with Crippen LogP contribution in [0.1, 0.15) is 32.3 Å². The third kappa shape index (κ3) is 4.09. The minimum atomic E-state index is -4.44. The molecule has 0 radical (unpaired) electrons. The SMILES string of the molecule is CCC(CC)COc1cc(C(F)(F)F)cc(N)n1. The summed E-state index contributed by atoms with van der Waals surface area (Å²) in [6.07, 6.45) is -2.63. The first-order valence-electron chi connectivity index (χ1n) is 5.84. The number of anilines is 1. The van der Waals surface area contributed by atoms with Crippen molar-refractivity contribution in [3.8, 4) is 5.88 Å². The fraction of sp³-hybridized carbons (Fsp3) is 0.583. The number of pyridine rings is 1. The van der Waals surface area contributed by atoms with Crippen molar-refractivity contribution in [2.45, 2.75) is 32.9 Å². The maximum Gasteiger partial charge on any atom is 0.416 e. The molecular weight excluding hydrogens is 245 g/mol. The van der Waals surface area contributed by atoms with Gasteiger partial charge in [0.15, 0.2) is 0 Å². The summed E-state index contributed by atoms with van der Waals surface area (Å²) < 4.78 is 42.9. The fourth-order valence-electron chi connectivity index (χ4n) is 1.49. The zero-order valence-corrected chi connectivity index (χ0v) is 10.4. The fourth-order valence-corrected chi connectivity index (χ4v) is 1.49. The Labute approximate surface area is 104 Å². The topological polar surface area (TPSA) is 48.1 Å². The number of aromatic nitrogens is 1. The molecule has 0 atom stereocenters. The largest absolute Gasteiger partial charge is 0.477 e. The molecule has 0 aliphatic rings. The van der Waals surface area contributed by atoms with Gasteiger partial charge in [0.25, 0.3) is 0 Å². The summed E-state index contributed by atoms with van der Waals surface area (Å²) in [5.41, 5.74) is 4.50. The van der Waals surface area contributed by atoms with E-state index in [1.165, 1.54) is 0 Å². The molecule has 0 aliphatic carbocycles. The third-order valence-electron chi connectivity index (χ3n) is 2.77. The van der Waals surface area contributed by atoms with Gasteiger partial charge in [-0.1, -0.05) is 26.7 Å². The van der Waals surface area contributed by atoms with E-state index in [0.717, 1.165) is 25.0 Å². The summed E-state index contributed by atoms with van der Waals surface area (Å²) in [5.74, 6) is 0.0427. The lowest BCUT2D eigenvalue weighted by Crippen LogP contribution is -2.13. The second kappa shape index (κ2) is 5.93. The highest BCUT2D eigenvalue weighted by atomic mass is 19.4. The summed E-state index contributed by atoms with van der Waals surface area (Å²) >= 11 is 0. The van der Waals surface area contributed by atoms with Crippen LogP contribution in [-0.4, -0.2) is 11.6 Å². The number of alkyl halides is 3. The van der Waals surface area contributed by atoms with Crippen molar-refractivity contribution in [3.63, 3.8) is 0 Å². The van der Waals surface area contributed by atoms with Crippen LogP contribution in [0, 0.1) is 5.92 Å². The van der Waals surface area contributed by atoms with Gasteiger partial charge < -0.3 is 10.5 Å². The maximum absolute atomic E-state index is 12.5. The van der Waals surface area contributed by atoms with Gasteiger partial charge in [0, 0.05) is 6.07 Å². The van der Waals surface area contributed by atoms with Crippen LogP contribution >= 0.6 is 0 Å². The van der Waals surface area contributed by atoms with Gasteiger partial charge in [0.1, 0.15) is 5.82 Å². The van der Waals surface area contributed by atoms with Crippen LogP contribution in [0.15, 0.2) is 12.1 Å². The Hall–Kier alpha value is -1.46. The average molecular weight is 262 g/mol. The van der Waals surface area contributed by atoms with E-state index in [1.54, 1.807) is 0 Å². The first-order valence-corrected chi connectivity index (χ1v) is 5.84. The first kappa shape index (κ1) is 14.6. The predicted molar refractivity (Wildman–Crippen MR) is 63.2 cm³/mol. The zero-order valence-electron chi connectivity index (χ0n) is 10.4. The minimum Gasteiger partial charge on any atom is -0.477 e. The molecule has 0 aliphatic heterocycles. The Morgan fingerprint density at radius 3 is 2.39 bits per heavy atom. The molecule has 18 heavy (non-hydrogen) atoms. The van der Waals surface area contributed by atoms with Crippen molar-refractivity contribution in [3.05, 3.63) is 17.7 Å². The molecule has 0 amide bonds. The van der Waals surface area contributed by atoms with Crippen LogP contribution in [0.5, 0.6) is 5.88 Å². The van der Waals surface area contributed by atoms with Gasteiger partial charge in [-0.15, -0.1) is 0 Å². The molecule has 3 nitrogen and oxygen atoms in total. The van der Waals surface area contributed by atoms with Gasteiger partial charge >= 0.3 is 6.18 Å². The van der Waals surface area contributed by atoms with E-state index in [4.69, 9.17) is 10.5 Å². The molecule has 102 valence electrons. The lowest BCUT2D eigenvalue weighted by atomic mass is 10.1. The van der Waals surface area contributed by atoms with Crippen molar-refractivity contribution in [1.82, 2.24) is 4.98 Å². The molecule has 0 unspecified atom stereocenters. The van der Waals surface area contributed by atoms with E-state index in [0.29, 0.717) is 12.5 Å². The Morgan fingerprint density at radius 2 is 1.89 bits per heavy atom. The highest BCUT2D eigenvalue weighted by Crippen LogP contribution is 2.32. The quantitative estimate of drug-likeness (QED) is 0.883. The monoisotopic (exact) mass is 262 g/mol. The van der Waals surface area contributed by atoms with Gasteiger partial charge in [0.2, 0.25) is 5.88 Å². The smallest absolute Gasteiger partial charge is 0.416 e. The Bertz CT molecular complexity index is 389. The molecule has 1 aromatic rings. The van der Waals surface area contributed by atoms with Gasteiger partial charge in [0.05, 0.1) is 12.2 Å². The number of ether oxygens (including phenoxy) is 1. The second-order valence-electron chi connectivity index (χ2n) is 4.11. The Kier molecular flexibility index (Phi) is 4.81. The molecule has 6 heteroatoms. The van der Waals surface area contributed by atoms with Crippen LogP contribution < -0.4 is 10.5 Å². The molecular formula is C12H17F3N2O. The Morgan fingerprint density at radius 1 is 1.28 bits per heavy atom. The highest BCUT2D eigenvalue weighted by Gasteiger charge is 2.31. The van der Waals surface area contributed by atoms with E-state index in [9.17, 15) is 13.2 Å². The number of hydrogen-bond donors (Lipinski definition) is 1. The van der Waals surface area contributed by atoms with Gasteiger partial charge in [-0.25, -0.2) is 0 Å². The van der Waals surface area contributed by atoms with Crippen LogP contribution in [0.4, 0.5) is 19.0 Å². The van der Waals surface area contributed by atoms with Crippen molar-refractivity contribution >= 4 is 5.82 Å². The number of halogens is 3. The van der Waals surface area contributed by atoms with Crippen LogP contribution in [0.2, 0.25) is 0 Å². The predicted octanol–water partition coefficient (Wildman–Crippen LogP) is 3.50. The lowest BCUT2D eigenvalue weighted by molar-refractivity contribution is -0.137. The number of nitrogens with zero attached hydrogens (tertiary/aromatic N) is 1. The molecule has 0 bridgehead atoms. The van der Waals surface area contributed by atoms with E-state index < -0.39 is 11.7 Å². The van der Waals surface area contributed by atoms with Crippen molar-refractivity contribution in [2.75, 3.05) is 12.3 Å². The summed E-state index contributed by atoms with van der Waals surface area (Å²) in [4.78, 5) is 3.74. The van der Waals surface area contributed by atoms with Gasteiger partial charge in [-0.2, -0.15) is 18.2 Å². The normalized spacial score (nSPS) is 11.9. The van der Waals surface area contributed by atoms with E-state index >= 15 is 0 Å². The van der Waals surface area contributed by atoms with Gasteiger partial charge in [-0.3, -0.25) is 0 Å². The summed E-state index contributed by atoms with van der Waals surface area (Å²) in [6, 6.07) is 1.67. The van der Waals surface area contributed by atoms with E-state index in [-0.39, 0.29) is 11.7 Å². The number of nitrogens with two attached hydrogens (primary N) is 1. The third-order valence-corrected chi connectivity index (χ3v) is 2.77. The van der Waals surface area contributed by atoms with E-state index in [1.807, 2.05) is 13.8 Å². The highest BCUT2D eigenvalue weighted by molar-refractivity contribution is 5.38. The number of nitrogen functional groups attached to an aromatic ring is 1. The molecule has 2 N–H and O–H groups in total. The summed E-state index contributed by atoms with van der Waals surface area (Å²) in [7, 11) is 0. The van der Waals surface area contributed by atoms with E-state index in [2.05, 4.69) is 4.98 Å². The molecule has 1 heterocycles. The lowest BCUT2D eigenvalue weighted by Gasteiger charge is -2.14. The number of hydrogen-bond acceptors (Lipinski definition) is 3.